The van der Waals surface area contributed by atoms with Crippen LogP contribution >= 0.6 is 0 Å². The van der Waals surface area contributed by atoms with Crippen molar-refractivity contribution in [2.24, 2.45) is 0 Å². The molecule has 3 nitrogen and oxygen atoms in total. The van der Waals surface area contributed by atoms with E-state index in [4.69, 9.17) is 0 Å². The SMILES string of the molecule is C=CCC(C)NC1CCN(c2ccncc2)CC1. The van der Waals surface area contributed by atoms with Gasteiger partial charge in [0.15, 0.2) is 0 Å². The molecule has 1 aliphatic heterocycles. The first-order valence-corrected chi connectivity index (χ1v) is 6.81. The monoisotopic (exact) mass is 245 g/mol. The molecular weight excluding hydrogens is 222 g/mol. The van der Waals surface area contributed by atoms with E-state index in [-0.39, 0.29) is 0 Å². The Bertz CT molecular complexity index is 355. The fourth-order valence-corrected chi connectivity index (χ4v) is 2.58. The molecule has 1 fully saturated rings. The van der Waals surface area contributed by atoms with Crippen LogP contribution in [0, 0.1) is 0 Å². The van der Waals surface area contributed by atoms with Crippen LogP contribution in [0.2, 0.25) is 0 Å². The molecule has 0 amide bonds. The largest absolute Gasteiger partial charge is 0.371 e. The van der Waals surface area contributed by atoms with Crippen LogP contribution < -0.4 is 10.2 Å². The van der Waals surface area contributed by atoms with Crippen molar-refractivity contribution in [3.05, 3.63) is 37.2 Å². The molecule has 1 aromatic heterocycles. The fraction of sp³-hybridized carbons (Fsp3) is 0.533. The van der Waals surface area contributed by atoms with Crippen molar-refractivity contribution in [3.63, 3.8) is 0 Å². The first-order valence-electron chi connectivity index (χ1n) is 6.81. The maximum absolute atomic E-state index is 4.07. The standard InChI is InChI=1S/C15H23N3/c1-3-4-13(2)17-14-7-11-18(12-8-14)15-5-9-16-10-6-15/h3,5-6,9-10,13-14,17H,1,4,7-8,11-12H2,2H3. The second kappa shape index (κ2) is 6.55. The van der Waals surface area contributed by atoms with Gasteiger partial charge < -0.3 is 10.2 Å². The topological polar surface area (TPSA) is 28.2 Å². The van der Waals surface area contributed by atoms with Gasteiger partial charge in [-0.2, -0.15) is 0 Å². The van der Waals surface area contributed by atoms with E-state index in [1.54, 1.807) is 0 Å². The molecule has 1 saturated heterocycles. The lowest BCUT2D eigenvalue weighted by Crippen LogP contribution is -2.45. The molecule has 0 saturated carbocycles. The summed E-state index contributed by atoms with van der Waals surface area (Å²) < 4.78 is 0. The molecule has 98 valence electrons. The average Bonchev–Trinajstić information content (AvgIpc) is 2.41. The molecule has 1 aromatic rings. The third-order valence-corrected chi connectivity index (χ3v) is 3.56. The first kappa shape index (κ1) is 13.1. The van der Waals surface area contributed by atoms with E-state index in [0.29, 0.717) is 12.1 Å². The molecule has 3 heteroatoms. The predicted octanol–water partition coefficient (Wildman–Crippen LogP) is 2.60. The Balaban J connectivity index is 1.79. The highest BCUT2D eigenvalue weighted by molar-refractivity contribution is 5.44. The predicted molar refractivity (Wildman–Crippen MR) is 76.9 cm³/mol. The minimum absolute atomic E-state index is 0.542. The number of nitrogens with zero attached hydrogens (tertiary/aromatic N) is 2. The Morgan fingerprint density at radius 1 is 1.44 bits per heavy atom. The molecule has 2 rings (SSSR count). The highest BCUT2D eigenvalue weighted by Gasteiger charge is 2.20. The van der Waals surface area contributed by atoms with Gasteiger partial charge in [0.25, 0.3) is 0 Å². The summed E-state index contributed by atoms with van der Waals surface area (Å²) in [5.74, 6) is 0. The lowest BCUT2D eigenvalue weighted by Gasteiger charge is -2.35. The maximum atomic E-state index is 4.07. The van der Waals surface area contributed by atoms with E-state index >= 15 is 0 Å². The van der Waals surface area contributed by atoms with Crippen LogP contribution in [-0.4, -0.2) is 30.2 Å². The van der Waals surface area contributed by atoms with Gasteiger partial charge in [0.05, 0.1) is 0 Å². The van der Waals surface area contributed by atoms with Gasteiger partial charge in [-0.3, -0.25) is 4.98 Å². The summed E-state index contributed by atoms with van der Waals surface area (Å²) in [5, 5.41) is 3.68. The molecular formula is C15H23N3. The molecule has 0 radical (unpaired) electrons. The Hall–Kier alpha value is -1.35. The zero-order valence-electron chi connectivity index (χ0n) is 11.2. The van der Waals surface area contributed by atoms with Crippen molar-refractivity contribution in [3.8, 4) is 0 Å². The number of piperidine rings is 1. The zero-order valence-corrected chi connectivity index (χ0v) is 11.2. The van der Waals surface area contributed by atoms with Crippen LogP contribution in [0.4, 0.5) is 5.69 Å². The summed E-state index contributed by atoms with van der Waals surface area (Å²) in [6.07, 6.45) is 9.19. The second-order valence-corrected chi connectivity index (χ2v) is 5.06. The van der Waals surface area contributed by atoms with Gasteiger partial charge in [-0.05, 0) is 38.3 Å². The zero-order chi connectivity index (χ0) is 12.8. The number of aromatic nitrogens is 1. The van der Waals surface area contributed by atoms with Crippen LogP contribution in [0.15, 0.2) is 37.2 Å². The smallest absolute Gasteiger partial charge is 0.0397 e. The Labute approximate surface area is 110 Å². The summed E-state index contributed by atoms with van der Waals surface area (Å²) >= 11 is 0. The average molecular weight is 245 g/mol. The Morgan fingerprint density at radius 3 is 2.72 bits per heavy atom. The number of pyridine rings is 1. The number of rotatable bonds is 5. The third-order valence-electron chi connectivity index (χ3n) is 3.56. The highest BCUT2D eigenvalue weighted by Crippen LogP contribution is 2.19. The van der Waals surface area contributed by atoms with Gasteiger partial charge in [-0.25, -0.2) is 0 Å². The summed E-state index contributed by atoms with van der Waals surface area (Å²) in [7, 11) is 0. The van der Waals surface area contributed by atoms with Crippen LogP contribution in [0.1, 0.15) is 26.2 Å². The van der Waals surface area contributed by atoms with E-state index in [2.05, 4.69) is 40.8 Å². The van der Waals surface area contributed by atoms with Crippen molar-refractivity contribution in [1.29, 1.82) is 0 Å². The van der Waals surface area contributed by atoms with E-state index in [1.807, 2.05) is 18.5 Å². The van der Waals surface area contributed by atoms with Gasteiger partial charge in [0.2, 0.25) is 0 Å². The molecule has 1 atom stereocenters. The third kappa shape index (κ3) is 3.57. The normalized spacial score (nSPS) is 18.6. The molecule has 0 aromatic carbocycles. The molecule has 2 heterocycles. The lowest BCUT2D eigenvalue weighted by molar-refractivity contribution is 0.377. The van der Waals surface area contributed by atoms with E-state index in [9.17, 15) is 0 Å². The quantitative estimate of drug-likeness (QED) is 0.808. The van der Waals surface area contributed by atoms with Crippen LogP contribution in [0.5, 0.6) is 0 Å². The van der Waals surface area contributed by atoms with Crippen molar-refractivity contribution >= 4 is 5.69 Å². The molecule has 1 N–H and O–H groups in total. The summed E-state index contributed by atoms with van der Waals surface area (Å²) in [6.45, 7) is 8.28. The Kier molecular flexibility index (Phi) is 4.76. The van der Waals surface area contributed by atoms with Crippen molar-refractivity contribution in [2.75, 3.05) is 18.0 Å². The number of hydrogen-bond acceptors (Lipinski definition) is 3. The van der Waals surface area contributed by atoms with E-state index in [1.165, 1.54) is 18.5 Å². The van der Waals surface area contributed by atoms with Crippen molar-refractivity contribution in [2.45, 2.75) is 38.3 Å². The van der Waals surface area contributed by atoms with Crippen molar-refractivity contribution < 1.29 is 0 Å². The van der Waals surface area contributed by atoms with Crippen LogP contribution in [-0.2, 0) is 0 Å². The van der Waals surface area contributed by atoms with E-state index in [0.717, 1.165) is 19.5 Å². The number of nitrogens with one attached hydrogen (secondary N) is 1. The summed E-state index contributed by atoms with van der Waals surface area (Å²) in [4.78, 5) is 6.51. The van der Waals surface area contributed by atoms with Gasteiger partial charge in [0, 0.05) is 43.3 Å². The minimum atomic E-state index is 0.542. The molecule has 0 spiro atoms. The highest BCUT2D eigenvalue weighted by atomic mass is 15.1. The fourth-order valence-electron chi connectivity index (χ4n) is 2.58. The molecule has 0 aliphatic carbocycles. The molecule has 18 heavy (non-hydrogen) atoms. The lowest BCUT2D eigenvalue weighted by atomic mass is 10.0. The molecule has 1 aliphatic rings. The molecule has 0 bridgehead atoms. The van der Waals surface area contributed by atoms with Gasteiger partial charge >= 0.3 is 0 Å². The van der Waals surface area contributed by atoms with E-state index < -0.39 is 0 Å². The number of anilines is 1. The number of hydrogen-bond donors (Lipinski definition) is 1. The van der Waals surface area contributed by atoms with Crippen LogP contribution in [0.3, 0.4) is 0 Å². The van der Waals surface area contributed by atoms with Crippen LogP contribution in [0.25, 0.3) is 0 Å². The summed E-state index contributed by atoms with van der Waals surface area (Å²) in [6, 6.07) is 5.38. The molecule has 1 unspecified atom stereocenters. The minimum Gasteiger partial charge on any atom is -0.371 e. The second-order valence-electron chi connectivity index (χ2n) is 5.06. The van der Waals surface area contributed by atoms with Gasteiger partial charge in [-0.1, -0.05) is 6.08 Å². The Morgan fingerprint density at radius 2 is 2.11 bits per heavy atom. The maximum Gasteiger partial charge on any atom is 0.0397 e. The summed E-state index contributed by atoms with van der Waals surface area (Å²) in [5.41, 5.74) is 1.29. The first-order chi connectivity index (χ1) is 8.79. The van der Waals surface area contributed by atoms with Gasteiger partial charge in [-0.15, -0.1) is 6.58 Å². The van der Waals surface area contributed by atoms with Gasteiger partial charge in [0.1, 0.15) is 0 Å². The van der Waals surface area contributed by atoms with Crippen molar-refractivity contribution in [1.82, 2.24) is 10.3 Å².